The van der Waals surface area contributed by atoms with Gasteiger partial charge >= 0.3 is 0 Å². The van der Waals surface area contributed by atoms with E-state index in [1.54, 1.807) is 0 Å². The van der Waals surface area contributed by atoms with E-state index >= 15 is 0 Å². The normalized spacial score (nSPS) is 18.6. The van der Waals surface area contributed by atoms with Crippen LogP contribution in [0.2, 0.25) is 0 Å². The number of carbonyl (C=O) groups excluding carboxylic acids is 1. The highest BCUT2D eigenvalue weighted by molar-refractivity contribution is 14.0. The highest BCUT2D eigenvalue weighted by Gasteiger charge is 2.27. The highest BCUT2D eigenvalue weighted by Crippen LogP contribution is 2.22. The van der Waals surface area contributed by atoms with E-state index in [2.05, 4.69) is 46.5 Å². The molecule has 1 unspecified atom stereocenters. The van der Waals surface area contributed by atoms with E-state index in [0.717, 1.165) is 57.5 Å². The van der Waals surface area contributed by atoms with Crippen LogP contribution in [0.3, 0.4) is 0 Å². The van der Waals surface area contributed by atoms with Crippen LogP contribution in [-0.4, -0.2) is 69.2 Å². The van der Waals surface area contributed by atoms with Crippen molar-refractivity contribution < 1.29 is 9.53 Å². The standard InChI is InChI=1S/C24H39N5O2.HI/c1-4-20(5-2)22(28-13-15-31-16-14-28)18-27-24(25-3)26-17-19-8-10-21(11-9-19)29-12-6-7-23(29)30;/h8-11,20,22H,4-7,12-18H2,1-3H3,(H2,25,26,27);1H. The zero-order chi connectivity index (χ0) is 22.1. The number of benzene rings is 1. The van der Waals surface area contributed by atoms with Crippen molar-refractivity contribution in [3.8, 4) is 0 Å². The molecule has 32 heavy (non-hydrogen) atoms. The molecule has 0 radical (unpaired) electrons. The Morgan fingerprint density at radius 1 is 1.09 bits per heavy atom. The van der Waals surface area contributed by atoms with E-state index in [0.29, 0.717) is 24.9 Å². The quantitative estimate of drug-likeness (QED) is 0.277. The van der Waals surface area contributed by atoms with Crippen molar-refractivity contribution in [2.75, 3.05) is 51.3 Å². The summed E-state index contributed by atoms with van der Waals surface area (Å²) in [7, 11) is 1.82. The van der Waals surface area contributed by atoms with Crippen LogP contribution >= 0.6 is 24.0 Å². The van der Waals surface area contributed by atoms with Gasteiger partial charge in [0.15, 0.2) is 5.96 Å². The number of amides is 1. The minimum absolute atomic E-state index is 0. The molecule has 8 heteroatoms. The van der Waals surface area contributed by atoms with Crippen LogP contribution in [0.1, 0.15) is 45.1 Å². The van der Waals surface area contributed by atoms with Gasteiger partial charge < -0.3 is 20.3 Å². The minimum atomic E-state index is 0. The average Bonchev–Trinajstić information content (AvgIpc) is 3.25. The first-order chi connectivity index (χ1) is 15.2. The average molecular weight is 558 g/mol. The van der Waals surface area contributed by atoms with Crippen LogP contribution in [-0.2, 0) is 16.1 Å². The zero-order valence-electron chi connectivity index (χ0n) is 19.8. The second kappa shape index (κ2) is 14.0. The topological polar surface area (TPSA) is 69.2 Å². The Balaban J connectivity index is 0.00000363. The summed E-state index contributed by atoms with van der Waals surface area (Å²) in [5.41, 5.74) is 2.16. The molecule has 1 atom stereocenters. The summed E-state index contributed by atoms with van der Waals surface area (Å²) in [6.07, 6.45) is 3.97. The minimum Gasteiger partial charge on any atom is -0.379 e. The smallest absolute Gasteiger partial charge is 0.227 e. The van der Waals surface area contributed by atoms with Gasteiger partial charge in [-0.25, -0.2) is 0 Å². The van der Waals surface area contributed by atoms with E-state index in [4.69, 9.17) is 4.74 Å². The molecule has 0 spiro atoms. The lowest BCUT2D eigenvalue weighted by Crippen LogP contribution is -2.53. The maximum absolute atomic E-state index is 11.9. The van der Waals surface area contributed by atoms with Crippen molar-refractivity contribution in [2.24, 2.45) is 10.9 Å². The van der Waals surface area contributed by atoms with Gasteiger partial charge in [-0.15, -0.1) is 24.0 Å². The van der Waals surface area contributed by atoms with Gasteiger partial charge in [0.2, 0.25) is 5.91 Å². The van der Waals surface area contributed by atoms with Crippen LogP contribution in [0.25, 0.3) is 0 Å². The van der Waals surface area contributed by atoms with E-state index in [1.807, 2.05) is 24.1 Å². The number of hydrogen-bond donors (Lipinski definition) is 2. The molecule has 2 N–H and O–H groups in total. The van der Waals surface area contributed by atoms with Gasteiger partial charge in [0.25, 0.3) is 0 Å². The fraction of sp³-hybridized carbons (Fsp3) is 0.667. The van der Waals surface area contributed by atoms with Crippen LogP contribution in [0.5, 0.6) is 0 Å². The lowest BCUT2D eigenvalue weighted by Gasteiger charge is -2.39. The molecule has 2 aliphatic rings. The van der Waals surface area contributed by atoms with Gasteiger partial charge in [-0.05, 0) is 30.0 Å². The lowest BCUT2D eigenvalue weighted by atomic mass is 9.92. The van der Waals surface area contributed by atoms with Crippen molar-refractivity contribution in [3.63, 3.8) is 0 Å². The summed E-state index contributed by atoms with van der Waals surface area (Å²) in [6.45, 7) is 10.6. The lowest BCUT2D eigenvalue weighted by molar-refractivity contribution is -0.117. The Kier molecular flexibility index (Phi) is 11.7. The molecule has 7 nitrogen and oxygen atoms in total. The van der Waals surface area contributed by atoms with Gasteiger partial charge in [-0.2, -0.15) is 0 Å². The Labute approximate surface area is 210 Å². The Bertz CT molecular complexity index is 718. The first kappa shape index (κ1) is 26.9. The van der Waals surface area contributed by atoms with E-state index in [9.17, 15) is 4.79 Å². The maximum atomic E-state index is 11.9. The number of hydrogen-bond acceptors (Lipinski definition) is 4. The molecule has 0 aliphatic carbocycles. The van der Waals surface area contributed by atoms with Gasteiger partial charge in [0, 0.05) is 57.9 Å². The number of halogens is 1. The number of ether oxygens (including phenoxy) is 1. The largest absolute Gasteiger partial charge is 0.379 e. The first-order valence-corrected chi connectivity index (χ1v) is 11.8. The van der Waals surface area contributed by atoms with Gasteiger partial charge in [0.05, 0.1) is 13.2 Å². The number of aliphatic imine (C=N–C) groups is 1. The predicted molar refractivity (Wildman–Crippen MR) is 142 cm³/mol. The molecule has 2 fully saturated rings. The third-order valence-electron chi connectivity index (χ3n) is 6.59. The first-order valence-electron chi connectivity index (χ1n) is 11.8. The van der Waals surface area contributed by atoms with Gasteiger partial charge in [-0.3, -0.25) is 14.7 Å². The molecule has 0 aromatic heterocycles. The third-order valence-corrected chi connectivity index (χ3v) is 6.59. The summed E-state index contributed by atoms with van der Waals surface area (Å²) >= 11 is 0. The Hall–Kier alpha value is -1.39. The van der Waals surface area contributed by atoms with Crippen LogP contribution in [0.15, 0.2) is 29.3 Å². The fourth-order valence-electron chi connectivity index (χ4n) is 4.66. The second-order valence-corrected chi connectivity index (χ2v) is 8.41. The molecule has 2 heterocycles. The second-order valence-electron chi connectivity index (χ2n) is 8.41. The monoisotopic (exact) mass is 557 g/mol. The number of nitrogens with one attached hydrogen (secondary N) is 2. The summed E-state index contributed by atoms with van der Waals surface area (Å²) in [4.78, 5) is 20.8. The molecular formula is C24H40IN5O2. The van der Waals surface area contributed by atoms with E-state index in [-0.39, 0.29) is 29.9 Å². The Morgan fingerprint density at radius 3 is 2.34 bits per heavy atom. The van der Waals surface area contributed by atoms with Crippen molar-refractivity contribution in [1.82, 2.24) is 15.5 Å². The van der Waals surface area contributed by atoms with Crippen molar-refractivity contribution in [3.05, 3.63) is 29.8 Å². The SMILES string of the molecule is CCC(CC)C(CNC(=NC)NCc1ccc(N2CCCC2=O)cc1)N1CCOCC1.I. The molecule has 2 aliphatic heterocycles. The summed E-state index contributed by atoms with van der Waals surface area (Å²) in [6, 6.07) is 8.73. The molecule has 180 valence electrons. The van der Waals surface area contributed by atoms with E-state index < -0.39 is 0 Å². The Morgan fingerprint density at radius 2 is 1.78 bits per heavy atom. The van der Waals surface area contributed by atoms with Crippen molar-refractivity contribution in [2.45, 2.75) is 52.1 Å². The number of carbonyl (C=O) groups is 1. The van der Waals surface area contributed by atoms with Gasteiger partial charge in [0.1, 0.15) is 0 Å². The van der Waals surface area contributed by atoms with Crippen LogP contribution < -0.4 is 15.5 Å². The third kappa shape index (κ3) is 7.31. The highest BCUT2D eigenvalue weighted by atomic mass is 127. The number of morpholine rings is 1. The van der Waals surface area contributed by atoms with E-state index in [1.165, 1.54) is 18.4 Å². The number of rotatable bonds is 9. The summed E-state index contributed by atoms with van der Waals surface area (Å²) < 4.78 is 5.56. The summed E-state index contributed by atoms with van der Waals surface area (Å²) in [5, 5.41) is 6.98. The molecule has 1 aromatic rings. The summed E-state index contributed by atoms with van der Waals surface area (Å²) in [5.74, 6) is 1.70. The molecule has 1 aromatic carbocycles. The molecule has 0 saturated carbocycles. The van der Waals surface area contributed by atoms with Crippen LogP contribution in [0.4, 0.5) is 5.69 Å². The molecule has 0 bridgehead atoms. The van der Waals surface area contributed by atoms with Crippen molar-refractivity contribution >= 4 is 41.5 Å². The molecule has 3 rings (SSSR count). The molecule has 2 saturated heterocycles. The molecule has 1 amide bonds. The fourth-order valence-corrected chi connectivity index (χ4v) is 4.66. The maximum Gasteiger partial charge on any atom is 0.227 e. The number of guanidine groups is 1. The number of anilines is 1. The van der Waals surface area contributed by atoms with Crippen molar-refractivity contribution in [1.29, 1.82) is 0 Å². The number of nitrogens with zero attached hydrogens (tertiary/aromatic N) is 3. The van der Waals surface area contributed by atoms with Crippen LogP contribution in [0, 0.1) is 5.92 Å². The zero-order valence-corrected chi connectivity index (χ0v) is 22.1. The molecular weight excluding hydrogens is 517 g/mol. The van der Waals surface area contributed by atoms with Gasteiger partial charge in [-0.1, -0.05) is 38.8 Å². The predicted octanol–water partition coefficient (Wildman–Crippen LogP) is 3.23.